The van der Waals surface area contributed by atoms with Crippen LogP contribution >= 0.6 is 0 Å². The molecule has 0 saturated carbocycles. The second kappa shape index (κ2) is 4.61. The van der Waals surface area contributed by atoms with Crippen molar-refractivity contribution in [1.82, 2.24) is 0 Å². The highest BCUT2D eigenvalue weighted by Gasteiger charge is 2.18. The molecule has 0 bridgehead atoms. The van der Waals surface area contributed by atoms with E-state index in [1.54, 1.807) is 13.0 Å². The molecule has 0 atom stereocenters. The Morgan fingerprint density at radius 2 is 2.06 bits per heavy atom. The molecule has 0 aliphatic rings. The standard InChI is InChI=1S/C10H11FO4S/c1-7-2-3-8(9(11)4-7)5-16(14,15)6-10(12)13/h2-4H,5-6H2,1H3,(H,12,13). The molecule has 6 heteroatoms. The maximum atomic E-state index is 13.3. The fourth-order valence-corrected chi connectivity index (χ4v) is 2.43. The van der Waals surface area contributed by atoms with E-state index in [-0.39, 0.29) is 5.56 Å². The van der Waals surface area contributed by atoms with E-state index in [9.17, 15) is 17.6 Å². The highest BCUT2D eigenvalue weighted by atomic mass is 32.2. The van der Waals surface area contributed by atoms with E-state index in [0.717, 1.165) is 0 Å². The van der Waals surface area contributed by atoms with E-state index in [2.05, 4.69) is 0 Å². The van der Waals surface area contributed by atoms with Gasteiger partial charge in [0.25, 0.3) is 0 Å². The minimum atomic E-state index is -3.81. The SMILES string of the molecule is Cc1ccc(CS(=O)(=O)CC(=O)O)c(F)c1. The third-order valence-corrected chi connectivity index (χ3v) is 3.36. The predicted octanol–water partition coefficient (Wildman–Crippen LogP) is 1.13. The molecule has 1 N–H and O–H groups in total. The van der Waals surface area contributed by atoms with Gasteiger partial charge in [-0.2, -0.15) is 0 Å². The summed E-state index contributed by atoms with van der Waals surface area (Å²) in [6, 6.07) is 4.14. The molecule has 16 heavy (non-hydrogen) atoms. The maximum absolute atomic E-state index is 13.3. The monoisotopic (exact) mass is 246 g/mol. The Morgan fingerprint density at radius 3 is 2.56 bits per heavy atom. The van der Waals surface area contributed by atoms with Crippen molar-refractivity contribution in [1.29, 1.82) is 0 Å². The molecule has 0 aliphatic heterocycles. The molecular formula is C10H11FO4S. The molecule has 0 aromatic heterocycles. The lowest BCUT2D eigenvalue weighted by atomic mass is 10.2. The molecule has 1 aromatic rings. The van der Waals surface area contributed by atoms with Crippen LogP contribution in [0, 0.1) is 12.7 Å². The largest absolute Gasteiger partial charge is 0.480 e. The summed E-state index contributed by atoms with van der Waals surface area (Å²) in [5, 5.41) is 8.37. The van der Waals surface area contributed by atoms with Crippen LogP contribution in [0.4, 0.5) is 4.39 Å². The molecule has 0 unspecified atom stereocenters. The van der Waals surface area contributed by atoms with Crippen molar-refractivity contribution in [2.75, 3.05) is 5.75 Å². The first kappa shape index (κ1) is 12.6. The molecule has 1 rings (SSSR count). The normalized spacial score (nSPS) is 11.4. The van der Waals surface area contributed by atoms with Crippen LogP contribution in [0.3, 0.4) is 0 Å². The van der Waals surface area contributed by atoms with Crippen molar-refractivity contribution in [3.05, 3.63) is 35.1 Å². The lowest BCUT2D eigenvalue weighted by molar-refractivity contribution is -0.134. The van der Waals surface area contributed by atoms with Gasteiger partial charge in [-0.05, 0) is 18.6 Å². The molecule has 88 valence electrons. The van der Waals surface area contributed by atoms with Crippen LogP contribution < -0.4 is 0 Å². The van der Waals surface area contributed by atoms with Gasteiger partial charge in [-0.1, -0.05) is 12.1 Å². The molecule has 0 radical (unpaired) electrons. The number of carboxylic acids is 1. The summed E-state index contributed by atoms with van der Waals surface area (Å²) in [5.41, 5.74) is 0.670. The minimum Gasteiger partial charge on any atom is -0.480 e. The summed E-state index contributed by atoms with van der Waals surface area (Å²) >= 11 is 0. The van der Waals surface area contributed by atoms with Crippen LogP contribution in [-0.4, -0.2) is 25.2 Å². The summed E-state index contributed by atoms with van der Waals surface area (Å²) in [6.07, 6.45) is 0. The zero-order valence-corrected chi connectivity index (χ0v) is 9.42. The molecule has 4 nitrogen and oxygen atoms in total. The first-order valence-electron chi connectivity index (χ1n) is 4.47. The maximum Gasteiger partial charge on any atom is 0.318 e. The van der Waals surface area contributed by atoms with Crippen LogP contribution in [0.5, 0.6) is 0 Å². The molecule has 0 fully saturated rings. The average molecular weight is 246 g/mol. The van der Waals surface area contributed by atoms with Gasteiger partial charge in [-0.15, -0.1) is 0 Å². The van der Waals surface area contributed by atoms with E-state index in [1.165, 1.54) is 12.1 Å². The van der Waals surface area contributed by atoms with Gasteiger partial charge in [0.15, 0.2) is 9.84 Å². The highest BCUT2D eigenvalue weighted by molar-refractivity contribution is 7.91. The van der Waals surface area contributed by atoms with Crippen LogP contribution in [0.15, 0.2) is 18.2 Å². The number of benzene rings is 1. The van der Waals surface area contributed by atoms with Crippen molar-refractivity contribution >= 4 is 15.8 Å². The Kier molecular flexibility index (Phi) is 3.64. The van der Waals surface area contributed by atoms with Gasteiger partial charge < -0.3 is 5.11 Å². The topological polar surface area (TPSA) is 71.4 Å². The summed E-state index contributed by atoms with van der Waals surface area (Å²) in [4.78, 5) is 10.3. The first-order chi connectivity index (χ1) is 7.30. The molecule has 0 aliphatic carbocycles. The van der Waals surface area contributed by atoms with Crippen molar-refractivity contribution in [2.24, 2.45) is 0 Å². The number of hydrogen-bond acceptors (Lipinski definition) is 3. The number of halogens is 1. The number of hydrogen-bond donors (Lipinski definition) is 1. The van der Waals surface area contributed by atoms with Gasteiger partial charge in [0.05, 0.1) is 5.75 Å². The Hall–Kier alpha value is -1.43. The number of aliphatic carboxylic acids is 1. The van der Waals surface area contributed by atoms with Crippen LogP contribution in [0.2, 0.25) is 0 Å². The van der Waals surface area contributed by atoms with E-state index in [1.807, 2.05) is 0 Å². The summed E-state index contributed by atoms with van der Waals surface area (Å²) in [5.74, 6) is -3.65. The van der Waals surface area contributed by atoms with Crippen LogP contribution in [0.1, 0.15) is 11.1 Å². The minimum absolute atomic E-state index is 0.00755. The Bertz CT molecular complexity index is 508. The molecule has 0 heterocycles. The van der Waals surface area contributed by atoms with Gasteiger partial charge >= 0.3 is 5.97 Å². The van der Waals surface area contributed by atoms with Gasteiger partial charge in [0.2, 0.25) is 0 Å². The number of aryl methyl sites for hydroxylation is 1. The summed E-state index contributed by atoms with van der Waals surface area (Å²) < 4.78 is 35.9. The molecule has 1 aromatic carbocycles. The number of rotatable bonds is 4. The lowest BCUT2D eigenvalue weighted by Crippen LogP contribution is -2.17. The van der Waals surface area contributed by atoms with Gasteiger partial charge in [0.1, 0.15) is 11.6 Å². The van der Waals surface area contributed by atoms with Crippen molar-refractivity contribution in [2.45, 2.75) is 12.7 Å². The third kappa shape index (κ3) is 3.62. The molecule has 0 saturated heterocycles. The smallest absolute Gasteiger partial charge is 0.318 e. The summed E-state index contributed by atoms with van der Waals surface area (Å²) in [6.45, 7) is 1.68. The zero-order chi connectivity index (χ0) is 12.3. The summed E-state index contributed by atoms with van der Waals surface area (Å²) in [7, 11) is -3.81. The zero-order valence-electron chi connectivity index (χ0n) is 8.60. The van der Waals surface area contributed by atoms with E-state index < -0.39 is 33.1 Å². The van der Waals surface area contributed by atoms with Crippen LogP contribution in [-0.2, 0) is 20.4 Å². The molecule has 0 amide bonds. The van der Waals surface area contributed by atoms with Crippen molar-refractivity contribution in [3.63, 3.8) is 0 Å². The average Bonchev–Trinajstić information content (AvgIpc) is 2.07. The second-order valence-corrected chi connectivity index (χ2v) is 5.59. The van der Waals surface area contributed by atoms with E-state index >= 15 is 0 Å². The Balaban J connectivity index is 2.92. The van der Waals surface area contributed by atoms with E-state index in [4.69, 9.17) is 5.11 Å². The Morgan fingerprint density at radius 1 is 1.44 bits per heavy atom. The quantitative estimate of drug-likeness (QED) is 0.864. The highest BCUT2D eigenvalue weighted by Crippen LogP contribution is 2.13. The third-order valence-electron chi connectivity index (χ3n) is 1.93. The second-order valence-electron chi connectivity index (χ2n) is 3.52. The molecular weight excluding hydrogens is 235 g/mol. The number of sulfone groups is 1. The lowest BCUT2D eigenvalue weighted by Gasteiger charge is -2.04. The number of carboxylic acid groups (broad SMARTS) is 1. The molecule has 0 spiro atoms. The predicted molar refractivity (Wildman–Crippen MR) is 56.3 cm³/mol. The van der Waals surface area contributed by atoms with E-state index in [0.29, 0.717) is 5.56 Å². The fourth-order valence-electron chi connectivity index (χ4n) is 1.25. The van der Waals surface area contributed by atoms with Crippen LogP contribution in [0.25, 0.3) is 0 Å². The van der Waals surface area contributed by atoms with Crippen molar-refractivity contribution in [3.8, 4) is 0 Å². The van der Waals surface area contributed by atoms with Gasteiger partial charge in [0, 0.05) is 5.56 Å². The number of carbonyl (C=O) groups is 1. The van der Waals surface area contributed by atoms with Gasteiger partial charge in [-0.3, -0.25) is 4.79 Å². The fraction of sp³-hybridized carbons (Fsp3) is 0.300. The van der Waals surface area contributed by atoms with Gasteiger partial charge in [-0.25, -0.2) is 12.8 Å². The first-order valence-corrected chi connectivity index (χ1v) is 6.29. The Labute approximate surface area is 92.6 Å². The van der Waals surface area contributed by atoms with Crippen molar-refractivity contribution < 1.29 is 22.7 Å².